The van der Waals surface area contributed by atoms with Gasteiger partial charge in [-0.3, -0.25) is 9.59 Å². The molecule has 2 saturated heterocycles. The van der Waals surface area contributed by atoms with Crippen LogP contribution in [0.4, 0.5) is 0 Å². The van der Waals surface area contributed by atoms with Crippen molar-refractivity contribution >= 4 is 12.4 Å². The fourth-order valence-electron chi connectivity index (χ4n) is 2.46. The Labute approximate surface area is 70.2 Å². The van der Waals surface area contributed by atoms with Gasteiger partial charge in [0.1, 0.15) is 0 Å². The van der Waals surface area contributed by atoms with Gasteiger partial charge in [-0.1, -0.05) is 0 Å². The van der Waals surface area contributed by atoms with Crippen LogP contribution in [0, 0.1) is 5.92 Å². The number of aliphatic carboxylic acids is 1. The van der Waals surface area contributed by atoms with Gasteiger partial charge in [0.05, 0.1) is 5.92 Å². The minimum absolute atomic E-state index is 0.0231. The van der Waals surface area contributed by atoms with Gasteiger partial charge in [0.15, 0.2) is 0 Å². The summed E-state index contributed by atoms with van der Waals surface area (Å²) >= 11 is 0. The number of carbonyl (C=O) groups excluding carboxylic acids is 1. The largest absolute Gasteiger partial charge is 0.481 e. The summed E-state index contributed by atoms with van der Waals surface area (Å²) in [6, 6.07) is 0.179. The van der Waals surface area contributed by atoms with E-state index in [1.54, 1.807) is 4.90 Å². The fraction of sp³-hybridized carbons (Fsp3) is 0.750. The highest BCUT2D eigenvalue weighted by molar-refractivity contribution is 5.73. The van der Waals surface area contributed by atoms with E-state index in [0.717, 1.165) is 19.3 Å². The van der Waals surface area contributed by atoms with E-state index in [4.69, 9.17) is 5.11 Å². The molecule has 2 fully saturated rings. The number of amides is 1. The van der Waals surface area contributed by atoms with E-state index in [0.29, 0.717) is 6.42 Å². The molecule has 3 unspecified atom stereocenters. The fourth-order valence-corrected chi connectivity index (χ4v) is 2.46. The van der Waals surface area contributed by atoms with Gasteiger partial charge >= 0.3 is 5.97 Å². The van der Waals surface area contributed by atoms with Crippen LogP contribution in [0.25, 0.3) is 0 Å². The summed E-state index contributed by atoms with van der Waals surface area (Å²) in [7, 11) is 0. The lowest BCUT2D eigenvalue weighted by Crippen LogP contribution is -2.31. The zero-order valence-corrected chi connectivity index (χ0v) is 6.64. The molecule has 0 saturated carbocycles. The van der Waals surface area contributed by atoms with E-state index in [1.165, 1.54) is 0 Å². The van der Waals surface area contributed by atoms with E-state index in [-0.39, 0.29) is 18.0 Å². The maximum atomic E-state index is 10.7. The van der Waals surface area contributed by atoms with Crippen LogP contribution in [0.5, 0.6) is 0 Å². The van der Waals surface area contributed by atoms with Crippen molar-refractivity contribution in [3.8, 4) is 0 Å². The van der Waals surface area contributed by atoms with E-state index in [2.05, 4.69) is 0 Å². The molecule has 0 aromatic heterocycles. The minimum atomic E-state index is -0.756. The topological polar surface area (TPSA) is 57.6 Å². The second-order valence-corrected chi connectivity index (χ2v) is 3.53. The smallest absolute Gasteiger partial charge is 0.308 e. The van der Waals surface area contributed by atoms with E-state index in [9.17, 15) is 9.59 Å². The van der Waals surface area contributed by atoms with E-state index >= 15 is 0 Å². The predicted octanol–water partition coefficient (Wildman–Crippen LogP) is 0.0803. The Morgan fingerprint density at radius 1 is 1.50 bits per heavy atom. The Bertz CT molecular complexity index is 228. The SMILES string of the molecule is O=CN1C2CCC1C(C(=O)O)C2. The van der Waals surface area contributed by atoms with E-state index < -0.39 is 5.97 Å². The maximum Gasteiger partial charge on any atom is 0.308 e. The summed E-state index contributed by atoms with van der Waals surface area (Å²) in [5, 5.41) is 8.81. The summed E-state index contributed by atoms with van der Waals surface area (Å²) < 4.78 is 0. The quantitative estimate of drug-likeness (QED) is 0.595. The first-order chi connectivity index (χ1) is 5.74. The molecule has 2 aliphatic heterocycles. The van der Waals surface area contributed by atoms with Crippen molar-refractivity contribution in [1.29, 1.82) is 0 Å². The monoisotopic (exact) mass is 169 g/mol. The third-order valence-electron chi connectivity index (χ3n) is 3.03. The summed E-state index contributed by atoms with van der Waals surface area (Å²) in [6.45, 7) is 0. The Morgan fingerprint density at radius 2 is 2.25 bits per heavy atom. The van der Waals surface area contributed by atoms with Gasteiger partial charge in [-0.2, -0.15) is 0 Å². The molecule has 2 bridgehead atoms. The van der Waals surface area contributed by atoms with Crippen molar-refractivity contribution in [3.05, 3.63) is 0 Å². The molecule has 4 nitrogen and oxygen atoms in total. The second-order valence-electron chi connectivity index (χ2n) is 3.53. The Kier molecular flexibility index (Phi) is 1.56. The molecule has 0 spiro atoms. The number of fused-ring (bicyclic) bond motifs is 2. The van der Waals surface area contributed by atoms with Crippen LogP contribution in [-0.4, -0.2) is 34.5 Å². The predicted molar refractivity (Wildman–Crippen MR) is 40.5 cm³/mol. The van der Waals surface area contributed by atoms with Gasteiger partial charge in [-0.25, -0.2) is 0 Å². The van der Waals surface area contributed by atoms with Gasteiger partial charge in [0, 0.05) is 12.1 Å². The van der Waals surface area contributed by atoms with Crippen molar-refractivity contribution in [2.24, 2.45) is 5.92 Å². The number of nitrogens with zero attached hydrogens (tertiary/aromatic N) is 1. The highest BCUT2D eigenvalue weighted by Crippen LogP contribution is 2.40. The van der Waals surface area contributed by atoms with Crippen LogP contribution < -0.4 is 0 Å². The first-order valence-electron chi connectivity index (χ1n) is 4.19. The lowest BCUT2D eigenvalue weighted by Gasteiger charge is -2.17. The van der Waals surface area contributed by atoms with E-state index in [1.807, 2.05) is 0 Å². The second kappa shape index (κ2) is 2.47. The number of carbonyl (C=O) groups is 2. The zero-order valence-electron chi connectivity index (χ0n) is 6.64. The first kappa shape index (κ1) is 7.58. The van der Waals surface area contributed by atoms with Crippen LogP contribution in [0.3, 0.4) is 0 Å². The molecule has 4 heteroatoms. The van der Waals surface area contributed by atoms with Gasteiger partial charge in [0.2, 0.25) is 6.41 Å². The van der Waals surface area contributed by atoms with Crippen LogP contribution >= 0.6 is 0 Å². The van der Waals surface area contributed by atoms with Crippen molar-refractivity contribution < 1.29 is 14.7 Å². The average Bonchev–Trinajstić information content (AvgIpc) is 2.59. The molecular formula is C8H11NO3. The lowest BCUT2D eigenvalue weighted by atomic mass is 9.89. The van der Waals surface area contributed by atoms with Crippen LogP contribution in [0.2, 0.25) is 0 Å². The third kappa shape index (κ3) is 0.838. The lowest BCUT2D eigenvalue weighted by molar-refractivity contribution is -0.142. The van der Waals surface area contributed by atoms with Crippen LogP contribution in [0.15, 0.2) is 0 Å². The van der Waals surface area contributed by atoms with Gasteiger partial charge in [-0.15, -0.1) is 0 Å². The van der Waals surface area contributed by atoms with Crippen LogP contribution in [-0.2, 0) is 9.59 Å². The summed E-state index contributed by atoms with van der Waals surface area (Å²) in [5.41, 5.74) is 0. The van der Waals surface area contributed by atoms with Crippen molar-refractivity contribution in [2.45, 2.75) is 31.3 Å². The highest BCUT2D eigenvalue weighted by atomic mass is 16.4. The molecule has 2 aliphatic rings. The molecule has 1 N–H and O–H groups in total. The molecular weight excluding hydrogens is 158 g/mol. The highest BCUT2D eigenvalue weighted by Gasteiger charge is 2.48. The van der Waals surface area contributed by atoms with Gasteiger partial charge < -0.3 is 10.0 Å². The molecule has 1 amide bonds. The first-order valence-corrected chi connectivity index (χ1v) is 4.19. The van der Waals surface area contributed by atoms with Crippen LogP contribution in [0.1, 0.15) is 19.3 Å². The summed E-state index contributed by atoms with van der Waals surface area (Å²) in [5.74, 6) is -1.07. The number of carboxylic acids is 1. The molecule has 2 heterocycles. The van der Waals surface area contributed by atoms with Crippen molar-refractivity contribution in [2.75, 3.05) is 0 Å². The van der Waals surface area contributed by atoms with Gasteiger partial charge in [0.25, 0.3) is 0 Å². The minimum Gasteiger partial charge on any atom is -0.481 e. The zero-order chi connectivity index (χ0) is 8.72. The molecule has 2 rings (SSSR count). The Balaban J connectivity index is 2.17. The standard InChI is InChI=1S/C8H11NO3/c10-4-9-5-1-2-7(9)6(3-5)8(11)12/h4-7H,1-3H2,(H,11,12). The molecule has 0 radical (unpaired) electrons. The van der Waals surface area contributed by atoms with Gasteiger partial charge in [-0.05, 0) is 19.3 Å². The molecule has 66 valence electrons. The molecule has 0 aromatic carbocycles. The molecule has 0 aromatic rings. The van der Waals surface area contributed by atoms with Crippen molar-refractivity contribution in [1.82, 2.24) is 4.90 Å². The normalized spacial score (nSPS) is 38.7. The maximum absolute atomic E-state index is 10.7. The summed E-state index contributed by atoms with van der Waals surface area (Å²) in [6.07, 6.45) is 3.29. The number of carboxylic acid groups (broad SMARTS) is 1. The molecule has 3 atom stereocenters. The summed E-state index contributed by atoms with van der Waals surface area (Å²) in [4.78, 5) is 23.0. The number of hydrogen-bond acceptors (Lipinski definition) is 2. The number of rotatable bonds is 2. The molecule has 12 heavy (non-hydrogen) atoms. The third-order valence-corrected chi connectivity index (χ3v) is 3.03. The Morgan fingerprint density at radius 3 is 2.67 bits per heavy atom. The number of hydrogen-bond donors (Lipinski definition) is 1. The Hall–Kier alpha value is -1.06. The molecule has 0 aliphatic carbocycles. The van der Waals surface area contributed by atoms with Crippen molar-refractivity contribution in [3.63, 3.8) is 0 Å². The average molecular weight is 169 g/mol.